The van der Waals surface area contributed by atoms with Gasteiger partial charge in [-0.05, 0) is 13.0 Å². The van der Waals surface area contributed by atoms with Crippen LogP contribution in [0.3, 0.4) is 0 Å². The minimum atomic E-state index is 0.487. The van der Waals surface area contributed by atoms with Crippen LogP contribution in [-0.4, -0.2) is 0 Å². The lowest BCUT2D eigenvalue weighted by atomic mass is 9.94. The van der Waals surface area contributed by atoms with Crippen molar-refractivity contribution in [2.45, 2.75) is 13.8 Å². The molecule has 0 aromatic heterocycles. The van der Waals surface area contributed by atoms with Crippen molar-refractivity contribution in [1.29, 1.82) is 0 Å². The zero-order valence-corrected chi connectivity index (χ0v) is 6.52. The summed E-state index contributed by atoms with van der Waals surface area (Å²) in [5.41, 5.74) is 5.40. The maximum absolute atomic E-state index is 3.63. The van der Waals surface area contributed by atoms with Crippen molar-refractivity contribution in [1.82, 2.24) is 0 Å². The van der Waals surface area contributed by atoms with Gasteiger partial charge in [0.1, 0.15) is 0 Å². The van der Waals surface area contributed by atoms with Crippen molar-refractivity contribution in [3.05, 3.63) is 41.7 Å². The van der Waals surface area contributed by atoms with E-state index in [4.69, 9.17) is 0 Å². The summed E-state index contributed by atoms with van der Waals surface area (Å²) in [5, 5.41) is 0. The summed E-state index contributed by atoms with van der Waals surface area (Å²) < 4.78 is 0. The van der Waals surface area contributed by atoms with E-state index in [2.05, 4.69) is 44.4 Å². The minimum absolute atomic E-state index is 0.487. The minimum Gasteiger partial charge on any atom is -0.125 e. The van der Waals surface area contributed by atoms with Gasteiger partial charge in [-0.15, -0.1) is 5.73 Å². The van der Waals surface area contributed by atoms with Gasteiger partial charge in [-0.2, -0.15) is 0 Å². The highest BCUT2D eigenvalue weighted by atomic mass is 14.1. The van der Waals surface area contributed by atoms with Gasteiger partial charge < -0.3 is 0 Å². The molecule has 0 heteroatoms. The standard InChI is InChI=1S/C10H12/c1-4-10-7-8(2)5-6-9(10)3/h5-7,9H,1H2,2-3H3. The highest BCUT2D eigenvalue weighted by molar-refractivity contribution is 5.36. The van der Waals surface area contributed by atoms with Crippen LogP contribution in [-0.2, 0) is 0 Å². The van der Waals surface area contributed by atoms with Crippen molar-refractivity contribution < 1.29 is 0 Å². The SMILES string of the molecule is C=C=C1C=C(C)C=CC1C. The third kappa shape index (κ3) is 1.29. The van der Waals surface area contributed by atoms with Crippen LogP contribution >= 0.6 is 0 Å². The fourth-order valence-electron chi connectivity index (χ4n) is 1.04. The third-order valence-electron chi connectivity index (χ3n) is 1.73. The van der Waals surface area contributed by atoms with Crippen LogP contribution in [0.4, 0.5) is 0 Å². The average molecular weight is 132 g/mol. The lowest BCUT2D eigenvalue weighted by molar-refractivity contribution is 0.880. The molecule has 0 aromatic carbocycles. The molecule has 1 atom stereocenters. The maximum Gasteiger partial charge on any atom is 0.00661 e. The quantitative estimate of drug-likeness (QED) is 0.444. The molecule has 0 bridgehead atoms. The highest BCUT2D eigenvalue weighted by Crippen LogP contribution is 2.19. The van der Waals surface area contributed by atoms with E-state index < -0.39 is 0 Å². The molecule has 10 heavy (non-hydrogen) atoms. The maximum atomic E-state index is 3.63. The first-order valence-electron chi connectivity index (χ1n) is 3.50. The molecule has 0 saturated heterocycles. The molecule has 0 heterocycles. The predicted octanol–water partition coefficient (Wildman–Crippen LogP) is 2.85. The first kappa shape index (κ1) is 7.11. The normalized spacial score (nSPS) is 24.0. The molecule has 0 saturated carbocycles. The zero-order valence-electron chi connectivity index (χ0n) is 6.52. The van der Waals surface area contributed by atoms with Gasteiger partial charge in [-0.3, -0.25) is 0 Å². The summed E-state index contributed by atoms with van der Waals surface area (Å²) in [6, 6.07) is 0. The van der Waals surface area contributed by atoms with E-state index in [1.807, 2.05) is 0 Å². The Balaban J connectivity index is 2.98. The van der Waals surface area contributed by atoms with Gasteiger partial charge >= 0.3 is 0 Å². The lowest BCUT2D eigenvalue weighted by Gasteiger charge is -2.10. The average Bonchev–Trinajstić information content (AvgIpc) is 1.94. The smallest absolute Gasteiger partial charge is 0.00661 e. The molecule has 0 spiro atoms. The Kier molecular flexibility index (Phi) is 1.94. The molecule has 0 fully saturated rings. The Hall–Kier alpha value is -1.00. The molecule has 0 aromatic rings. The second-order valence-corrected chi connectivity index (χ2v) is 2.67. The molecule has 1 aliphatic rings. The van der Waals surface area contributed by atoms with Gasteiger partial charge in [-0.1, -0.05) is 31.2 Å². The second kappa shape index (κ2) is 2.72. The van der Waals surface area contributed by atoms with Crippen molar-refractivity contribution in [2.75, 3.05) is 0 Å². The van der Waals surface area contributed by atoms with E-state index in [0.717, 1.165) is 0 Å². The first-order valence-corrected chi connectivity index (χ1v) is 3.50. The van der Waals surface area contributed by atoms with E-state index in [1.54, 1.807) is 0 Å². The van der Waals surface area contributed by atoms with Crippen LogP contribution in [0.25, 0.3) is 0 Å². The molecular formula is C10H12. The summed E-state index contributed by atoms with van der Waals surface area (Å²) in [7, 11) is 0. The Labute approximate surface area is 62.3 Å². The number of rotatable bonds is 0. The molecular weight excluding hydrogens is 120 g/mol. The summed E-state index contributed by atoms with van der Waals surface area (Å²) >= 11 is 0. The molecule has 0 amide bonds. The Morgan fingerprint density at radius 2 is 2.30 bits per heavy atom. The summed E-state index contributed by atoms with van der Waals surface area (Å²) in [5.74, 6) is 0.487. The van der Waals surface area contributed by atoms with Crippen LogP contribution in [0, 0.1) is 5.92 Å². The molecule has 52 valence electrons. The van der Waals surface area contributed by atoms with E-state index >= 15 is 0 Å². The second-order valence-electron chi connectivity index (χ2n) is 2.67. The van der Waals surface area contributed by atoms with Gasteiger partial charge in [0.2, 0.25) is 0 Å². The van der Waals surface area contributed by atoms with Crippen molar-refractivity contribution in [3.63, 3.8) is 0 Å². The summed E-state index contributed by atoms with van der Waals surface area (Å²) in [6.07, 6.45) is 6.42. The lowest BCUT2D eigenvalue weighted by Crippen LogP contribution is -1.96. The van der Waals surface area contributed by atoms with Crippen molar-refractivity contribution in [3.8, 4) is 0 Å². The van der Waals surface area contributed by atoms with Gasteiger partial charge in [0.25, 0.3) is 0 Å². The predicted molar refractivity (Wildman–Crippen MR) is 44.7 cm³/mol. The molecule has 0 aliphatic heterocycles. The van der Waals surface area contributed by atoms with Gasteiger partial charge in [0, 0.05) is 11.5 Å². The summed E-state index contributed by atoms with van der Waals surface area (Å²) in [6.45, 7) is 7.86. The monoisotopic (exact) mass is 132 g/mol. The molecule has 1 unspecified atom stereocenters. The molecule has 0 nitrogen and oxygen atoms in total. The highest BCUT2D eigenvalue weighted by Gasteiger charge is 2.05. The van der Waals surface area contributed by atoms with Crippen molar-refractivity contribution >= 4 is 0 Å². The Morgan fingerprint density at radius 1 is 1.60 bits per heavy atom. The fraction of sp³-hybridized carbons (Fsp3) is 0.300. The largest absolute Gasteiger partial charge is 0.125 e. The summed E-state index contributed by atoms with van der Waals surface area (Å²) in [4.78, 5) is 0. The number of hydrogen-bond acceptors (Lipinski definition) is 0. The van der Waals surface area contributed by atoms with E-state index in [1.165, 1.54) is 11.1 Å². The Bertz CT molecular complexity index is 235. The number of allylic oxidation sites excluding steroid dienone is 5. The molecule has 1 aliphatic carbocycles. The molecule has 0 radical (unpaired) electrons. The number of hydrogen-bond donors (Lipinski definition) is 0. The van der Waals surface area contributed by atoms with Gasteiger partial charge in [0.05, 0.1) is 0 Å². The fourth-order valence-corrected chi connectivity index (χ4v) is 1.04. The van der Waals surface area contributed by atoms with Crippen LogP contribution in [0.1, 0.15) is 13.8 Å². The van der Waals surface area contributed by atoms with E-state index in [9.17, 15) is 0 Å². The van der Waals surface area contributed by atoms with Crippen LogP contribution in [0.2, 0.25) is 0 Å². The molecule has 0 N–H and O–H groups in total. The van der Waals surface area contributed by atoms with Crippen LogP contribution in [0.5, 0.6) is 0 Å². The zero-order chi connectivity index (χ0) is 7.56. The third-order valence-corrected chi connectivity index (χ3v) is 1.73. The molecule has 1 rings (SSSR count). The Morgan fingerprint density at radius 3 is 2.80 bits per heavy atom. The van der Waals surface area contributed by atoms with Crippen LogP contribution < -0.4 is 0 Å². The van der Waals surface area contributed by atoms with Gasteiger partial charge in [-0.25, -0.2) is 0 Å². The topological polar surface area (TPSA) is 0 Å². The van der Waals surface area contributed by atoms with Crippen LogP contribution in [0.15, 0.2) is 41.7 Å². The van der Waals surface area contributed by atoms with E-state index in [-0.39, 0.29) is 0 Å². The van der Waals surface area contributed by atoms with E-state index in [0.29, 0.717) is 5.92 Å². The first-order chi connectivity index (χ1) is 4.74. The van der Waals surface area contributed by atoms with Crippen molar-refractivity contribution in [2.24, 2.45) is 5.92 Å². The van der Waals surface area contributed by atoms with Gasteiger partial charge in [0.15, 0.2) is 0 Å².